The molecule has 198 valence electrons. The molecular weight excluding hydrogens is 507 g/mol. The Bertz CT molecular complexity index is 1500. The molecule has 9 heteroatoms. The first kappa shape index (κ1) is 27.3. The fraction of sp³-hybridized carbons (Fsp3) is 0.133. The number of aryl methyl sites for hydroxylation is 1. The number of hydrogen-bond acceptors (Lipinski definition) is 4. The molecule has 4 rings (SSSR count). The number of aromatic nitrogens is 1. The molecule has 2 N–H and O–H groups in total. The second kappa shape index (κ2) is 11.7. The molecule has 0 saturated carbocycles. The Morgan fingerprint density at radius 1 is 0.795 bits per heavy atom. The quantitative estimate of drug-likeness (QED) is 0.245. The predicted molar refractivity (Wildman–Crippen MR) is 142 cm³/mol. The number of anilines is 2. The summed E-state index contributed by atoms with van der Waals surface area (Å²) >= 11 is 0. The number of halogens is 3. The lowest BCUT2D eigenvalue weighted by atomic mass is 9.98. The SMILES string of the molecule is CC(=O)Nc1cccc(CCC(=O)c2ccc(NC(=O)c3ccccc3-c3ccc(C(F)(F)F)cc3)cc2)n1. The number of carbonyl (C=O) groups is 3. The molecule has 0 unspecified atom stereocenters. The van der Waals surface area contributed by atoms with Crippen molar-refractivity contribution in [2.75, 3.05) is 10.6 Å². The molecule has 0 radical (unpaired) electrons. The van der Waals surface area contributed by atoms with Crippen LogP contribution in [0.5, 0.6) is 0 Å². The number of nitrogens with zero attached hydrogens (tertiary/aromatic N) is 1. The Hall–Kier alpha value is -4.79. The van der Waals surface area contributed by atoms with E-state index in [4.69, 9.17) is 0 Å². The zero-order valence-electron chi connectivity index (χ0n) is 20.9. The summed E-state index contributed by atoms with van der Waals surface area (Å²) in [4.78, 5) is 41.2. The Balaban J connectivity index is 1.40. The minimum Gasteiger partial charge on any atom is -0.322 e. The molecule has 0 atom stereocenters. The summed E-state index contributed by atoms with van der Waals surface area (Å²) in [6.45, 7) is 1.39. The average Bonchev–Trinajstić information content (AvgIpc) is 2.91. The second-order valence-electron chi connectivity index (χ2n) is 8.77. The third-order valence-electron chi connectivity index (χ3n) is 5.88. The highest BCUT2D eigenvalue weighted by Crippen LogP contribution is 2.32. The van der Waals surface area contributed by atoms with E-state index in [2.05, 4.69) is 15.6 Å². The van der Waals surface area contributed by atoms with Gasteiger partial charge in [0.15, 0.2) is 5.78 Å². The van der Waals surface area contributed by atoms with Gasteiger partial charge in [-0.2, -0.15) is 13.2 Å². The van der Waals surface area contributed by atoms with Gasteiger partial charge in [-0.25, -0.2) is 4.98 Å². The molecule has 39 heavy (non-hydrogen) atoms. The van der Waals surface area contributed by atoms with Crippen molar-refractivity contribution in [1.29, 1.82) is 0 Å². The van der Waals surface area contributed by atoms with Crippen LogP contribution in [0.4, 0.5) is 24.7 Å². The second-order valence-corrected chi connectivity index (χ2v) is 8.77. The minimum absolute atomic E-state index is 0.104. The van der Waals surface area contributed by atoms with E-state index in [9.17, 15) is 27.6 Å². The van der Waals surface area contributed by atoms with Crippen LogP contribution in [0.15, 0.2) is 91.0 Å². The number of carbonyl (C=O) groups excluding carboxylic acids is 3. The van der Waals surface area contributed by atoms with Crippen molar-refractivity contribution in [3.63, 3.8) is 0 Å². The molecule has 2 amide bonds. The van der Waals surface area contributed by atoms with Gasteiger partial charge in [0.1, 0.15) is 5.82 Å². The Labute approximate surface area is 222 Å². The van der Waals surface area contributed by atoms with Gasteiger partial charge in [0.25, 0.3) is 5.91 Å². The maximum absolute atomic E-state index is 13.0. The van der Waals surface area contributed by atoms with E-state index in [-0.39, 0.29) is 18.1 Å². The summed E-state index contributed by atoms with van der Waals surface area (Å²) in [6.07, 6.45) is -3.84. The molecule has 4 aromatic rings. The van der Waals surface area contributed by atoms with E-state index < -0.39 is 17.6 Å². The van der Waals surface area contributed by atoms with Crippen molar-refractivity contribution in [1.82, 2.24) is 4.98 Å². The molecule has 0 bridgehead atoms. The summed E-state index contributed by atoms with van der Waals surface area (Å²) in [5.41, 5.74) is 2.10. The van der Waals surface area contributed by atoms with Gasteiger partial charge in [-0.3, -0.25) is 14.4 Å². The highest BCUT2D eigenvalue weighted by atomic mass is 19.4. The van der Waals surface area contributed by atoms with Crippen LogP contribution < -0.4 is 10.6 Å². The predicted octanol–water partition coefficient (Wildman–Crippen LogP) is 6.79. The molecule has 0 aliphatic rings. The topological polar surface area (TPSA) is 88.2 Å². The van der Waals surface area contributed by atoms with E-state index in [0.29, 0.717) is 45.9 Å². The number of amides is 2. The lowest BCUT2D eigenvalue weighted by Gasteiger charge is -2.12. The maximum atomic E-state index is 13.0. The zero-order chi connectivity index (χ0) is 28.0. The fourth-order valence-corrected chi connectivity index (χ4v) is 3.96. The summed E-state index contributed by atoms with van der Waals surface area (Å²) in [6, 6.07) is 22.9. The molecule has 3 aromatic carbocycles. The van der Waals surface area contributed by atoms with Crippen LogP contribution in [0, 0.1) is 0 Å². The molecule has 0 aliphatic carbocycles. The first-order valence-electron chi connectivity index (χ1n) is 12.0. The maximum Gasteiger partial charge on any atom is 0.416 e. The van der Waals surface area contributed by atoms with E-state index in [1.165, 1.54) is 19.1 Å². The van der Waals surface area contributed by atoms with Crippen LogP contribution in [0.3, 0.4) is 0 Å². The van der Waals surface area contributed by atoms with Crippen molar-refractivity contribution in [2.24, 2.45) is 0 Å². The van der Waals surface area contributed by atoms with Gasteiger partial charge in [0, 0.05) is 35.9 Å². The van der Waals surface area contributed by atoms with Gasteiger partial charge in [-0.15, -0.1) is 0 Å². The Kier molecular flexibility index (Phi) is 8.19. The number of benzene rings is 3. The monoisotopic (exact) mass is 531 g/mol. The van der Waals surface area contributed by atoms with Crippen LogP contribution in [0.25, 0.3) is 11.1 Å². The third kappa shape index (κ3) is 7.16. The number of ketones is 1. The number of alkyl halides is 3. The van der Waals surface area contributed by atoms with Crippen LogP contribution in [0.2, 0.25) is 0 Å². The van der Waals surface area contributed by atoms with Crippen molar-refractivity contribution in [3.05, 3.63) is 113 Å². The van der Waals surface area contributed by atoms with E-state index in [1.54, 1.807) is 66.7 Å². The normalized spacial score (nSPS) is 11.1. The molecule has 1 heterocycles. The zero-order valence-corrected chi connectivity index (χ0v) is 20.9. The lowest BCUT2D eigenvalue weighted by Crippen LogP contribution is -2.13. The van der Waals surface area contributed by atoms with Gasteiger partial charge in [-0.1, -0.05) is 36.4 Å². The summed E-state index contributed by atoms with van der Waals surface area (Å²) < 4.78 is 38.8. The summed E-state index contributed by atoms with van der Waals surface area (Å²) in [7, 11) is 0. The molecule has 6 nitrogen and oxygen atoms in total. The molecule has 0 aliphatic heterocycles. The molecule has 1 aromatic heterocycles. The van der Waals surface area contributed by atoms with Crippen molar-refractivity contribution in [2.45, 2.75) is 25.9 Å². The standard InChI is InChI=1S/C30H24F3N3O3/c1-19(37)34-28-8-4-5-23(35-28)17-18-27(38)21-11-15-24(16-12-21)36-29(39)26-7-3-2-6-25(26)20-9-13-22(14-10-20)30(31,32)33/h2-16H,17-18H2,1H3,(H,36,39)(H,34,35,37). The Morgan fingerprint density at radius 2 is 1.49 bits per heavy atom. The third-order valence-corrected chi connectivity index (χ3v) is 5.88. The first-order valence-corrected chi connectivity index (χ1v) is 12.0. The van der Waals surface area contributed by atoms with Gasteiger partial charge in [0.05, 0.1) is 5.56 Å². The highest BCUT2D eigenvalue weighted by Gasteiger charge is 2.30. The number of nitrogens with one attached hydrogen (secondary N) is 2. The van der Waals surface area contributed by atoms with Gasteiger partial charge in [-0.05, 0) is 72.1 Å². The van der Waals surface area contributed by atoms with Crippen LogP contribution in [-0.4, -0.2) is 22.6 Å². The average molecular weight is 532 g/mol. The molecule has 0 fully saturated rings. The molecule has 0 saturated heterocycles. The summed E-state index contributed by atoms with van der Waals surface area (Å²) in [5.74, 6) is -0.347. The number of pyridine rings is 1. The minimum atomic E-state index is -4.45. The smallest absolute Gasteiger partial charge is 0.322 e. The van der Waals surface area contributed by atoms with Crippen molar-refractivity contribution in [3.8, 4) is 11.1 Å². The molecule has 0 spiro atoms. The number of Topliss-reactive ketones (excluding diaryl/α,β-unsaturated/α-hetero) is 1. The number of rotatable bonds is 8. The van der Waals surface area contributed by atoms with E-state index in [1.807, 2.05) is 0 Å². The van der Waals surface area contributed by atoms with Crippen LogP contribution in [0.1, 0.15) is 45.3 Å². The van der Waals surface area contributed by atoms with Crippen molar-refractivity contribution >= 4 is 29.1 Å². The molecular formula is C30H24F3N3O3. The van der Waals surface area contributed by atoms with Gasteiger partial charge >= 0.3 is 6.18 Å². The Morgan fingerprint density at radius 3 is 2.15 bits per heavy atom. The highest BCUT2D eigenvalue weighted by molar-refractivity contribution is 6.09. The first-order chi connectivity index (χ1) is 18.6. The van der Waals surface area contributed by atoms with Crippen LogP contribution >= 0.6 is 0 Å². The largest absolute Gasteiger partial charge is 0.416 e. The fourth-order valence-electron chi connectivity index (χ4n) is 3.96. The lowest BCUT2D eigenvalue weighted by molar-refractivity contribution is -0.137. The van der Waals surface area contributed by atoms with Gasteiger partial charge in [0.2, 0.25) is 5.91 Å². The van der Waals surface area contributed by atoms with Crippen LogP contribution in [-0.2, 0) is 17.4 Å². The van der Waals surface area contributed by atoms with Crippen molar-refractivity contribution < 1.29 is 27.6 Å². The summed E-state index contributed by atoms with van der Waals surface area (Å²) in [5, 5.41) is 5.38. The van der Waals surface area contributed by atoms with E-state index in [0.717, 1.165) is 12.1 Å². The van der Waals surface area contributed by atoms with Gasteiger partial charge < -0.3 is 10.6 Å². The van der Waals surface area contributed by atoms with E-state index >= 15 is 0 Å². The number of hydrogen-bond donors (Lipinski definition) is 2.